The van der Waals surface area contributed by atoms with Crippen LogP contribution in [0.5, 0.6) is 5.88 Å². The van der Waals surface area contributed by atoms with E-state index >= 15 is 0 Å². The molecule has 0 spiro atoms. The molecule has 0 bridgehead atoms. The number of fused-ring (bicyclic) bond motifs is 1. The molecule has 0 unspecified atom stereocenters. The van der Waals surface area contributed by atoms with Gasteiger partial charge >= 0.3 is 0 Å². The predicted molar refractivity (Wildman–Crippen MR) is 134 cm³/mol. The maximum absolute atomic E-state index is 13.1. The lowest BCUT2D eigenvalue weighted by molar-refractivity contribution is 0.384. The van der Waals surface area contributed by atoms with Crippen LogP contribution < -0.4 is 15.2 Å². The first-order valence-electron chi connectivity index (χ1n) is 10.9. The number of aromatic nitrogens is 3. The van der Waals surface area contributed by atoms with E-state index in [4.69, 9.17) is 10.5 Å². The van der Waals surface area contributed by atoms with Crippen LogP contribution in [0.15, 0.2) is 59.6 Å². The molecule has 0 aliphatic heterocycles. The van der Waals surface area contributed by atoms with Crippen molar-refractivity contribution in [1.29, 1.82) is 0 Å². The van der Waals surface area contributed by atoms with Crippen molar-refractivity contribution in [3.05, 3.63) is 65.9 Å². The van der Waals surface area contributed by atoms with Crippen LogP contribution in [0.2, 0.25) is 0 Å². The van der Waals surface area contributed by atoms with Gasteiger partial charge in [-0.1, -0.05) is 30.3 Å². The lowest BCUT2D eigenvalue weighted by Crippen LogP contribution is -2.40. The van der Waals surface area contributed by atoms with Gasteiger partial charge in [-0.3, -0.25) is 0 Å². The van der Waals surface area contributed by atoms with Gasteiger partial charge in [-0.25, -0.2) is 23.1 Å². The summed E-state index contributed by atoms with van der Waals surface area (Å²) in [6.45, 7) is 7.87. The van der Waals surface area contributed by atoms with Crippen molar-refractivity contribution in [2.24, 2.45) is 0 Å². The molecule has 34 heavy (non-hydrogen) atoms. The fourth-order valence-electron chi connectivity index (χ4n) is 3.92. The van der Waals surface area contributed by atoms with Crippen LogP contribution in [0.3, 0.4) is 0 Å². The third kappa shape index (κ3) is 4.76. The Kier molecular flexibility index (Phi) is 6.09. The third-order valence-electron chi connectivity index (χ3n) is 5.36. The number of aryl methyl sites for hydroxylation is 1. The van der Waals surface area contributed by atoms with E-state index < -0.39 is 15.6 Å². The van der Waals surface area contributed by atoms with E-state index in [1.807, 2.05) is 54.0 Å². The molecule has 4 aromatic rings. The Bertz CT molecular complexity index is 1460. The minimum Gasteiger partial charge on any atom is -0.480 e. The molecule has 0 saturated carbocycles. The van der Waals surface area contributed by atoms with E-state index in [2.05, 4.69) is 14.7 Å². The van der Waals surface area contributed by atoms with Crippen molar-refractivity contribution in [2.75, 3.05) is 12.8 Å². The number of rotatable bonds is 6. The average molecular weight is 480 g/mol. The molecule has 2 aromatic carbocycles. The number of sulfonamides is 1. The fourth-order valence-corrected chi connectivity index (χ4v) is 5.48. The summed E-state index contributed by atoms with van der Waals surface area (Å²) in [7, 11) is -2.46. The summed E-state index contributed by atoms with van der Waals surface area (Å²) in [4.78, 5) is 8.81. The van der Waals surface area contributed by atoms with E-state index in [1.165, 1.54) is 7.11 Å². The molecule has 9 heteroatoms. The zero-order chi connectivity index (χ0) is 24.7. The molecule has 4 rings (SSSR count). The maximum Gasteiger partial charge on any atom is 0.246 e. The van der Waals surface area contributed by atoms with Gasteiger partial charge in [-0.05, 0) is 62.6 Å². The second-order valence-corrected chi connectivity index (χ2v) is 10.9. The zero-order valence-corrected chi connectivity index (χ0v) is 20.8. The number of hydrogen-bond donors (Lipinski definition) is 2. The average Bonchev–Trinajstić information content (AvgIpc) is 3.05. The van der Waals surface area contributed by atoms with Crippen molar-refractivity contribution in [3.8, 4) is 17.0 Å². The SMILES string of the molecule is COc1ncc(-c2cc3c(cc2C)nc(N)n3Cc2ccccc2)cc1S(=O)(=O)NC(C)(C)C. The minimum atomic E-state index is -3.87. The van der Waals surface area contributed by atoms with Crippen LogP contribution in [0, 0.1) is 6.92 Å². The summed E-state index contributed by atoms with van der Waals surface area (Å²) >= 11 is 0. The molecular weight excluding hydrogens is 450 g/mol. The summed E-state index contributed by atoms with van der Waals surface area (Å²) in [5.41, 5.74) is 10.7. The van der Waals surface area contributed by atoms with Gasteiger partial charge in [0.15, 0.2) is 0 Å². The van der Waals surface area contributed by atoms with Gasteiger partial charge in [-0.15, -0.1) is 0 Å². The molecule has 8 nitrogen and oxygen atoms in total. The zero-order valence-electron chi connectivity index (χ0n) is 20.0. The summed E-state index contributed by atoms with van der Waals surface area (Å²) in [5.74, 6) is 0.457. The molecule has 0 fully saturated rings. The molecular formula is C25H29N5O3S. The van der Waals surface area contributed by atoms with Crippen LogP contribution >= 0.6 is 0 Å². The van der Waals surface area contributed by atoms with Gasteiger partial charge in [0.25, 0.3) is 0 Å². The Morgan fingerprint density at radius 1 is 1.12 bits per heavy atom. The highest BCUT2D eigenvalue weighted by molar-refractivity contribution is 7.89. The standard InChI is InChI=1S/C25H29N5O3S/c1-16-11-20-21(30(24(26)28-20)15-17-9-7-6-8-10-17)13-19(16)18-12-22(23(33-5)27-14-18)34(31,32)29-25(2,3)4/h6-14,29H,15H2,1-5H3,(H2,26,28). The molecule has 0 saturated heterocycles. The Morgan fingerprint density at radius 3 is 2.47 bits per heavy atom. The summed E-state index contributed by atoms with van der Waals surface area (Å²) < 4.78 is 36.1. The minimum absolute atomic E-state index is 0.0146. The topological polar surface area (TPSA) is 112 Å². The lowest BCUT2D eigenvalue weighted by atomic mass is 10.0. The Labute approximate surface area is 199 Å². The van der Waals surface area contributed by atoms with Crippen molar-refractivity contribution >= 4 is 27.0 Å². The molecule has 0 amide bonds. The molecule has 3 N–H and O–H groups in total. The molecule has 0 aliphatic carbocycles. The third-order valence-corrected chi connectivity index (χ3v) is 7.11. The summed E-state index contributed by atoms with van der Waals surface area (Å²) in [5, 5.41) is 0. The number of nitrogens with one attached hydrogen (secondary N) is 1. The highest BCUT2D eigenvalue weighted by Crippen LogP contribution is 2.33. The highest BCUT2D eigenvalue weighted by Gasteiger charge is 2.27. The van der Waals surface area contributed by atoms with Crippen LogP contribution in [-0.2, 0) is 16.6 Å². The molecule has 178 valence electrons. The number of nitrogen functional groups attached to an aromatic ring is 1. The first-order chi connectivity index (χ1) is 16.0. The van der Waals surface area contributed by atoms with E-state index in [-0.39, 0.29) is 10.8 Å². The van der Waals surface area contributed by atoms with E-state index in [1.54, 1.807) is 33.0 Å². The molecule has 2 heterocycles. The van der Waals surface area contributed by atoms with Crippen molar-refractivity contribution in [1.82, 2.24) is 19.3 Å². The molecule has 2 aromatic heterocycles. The highest BCUT2D eigenvalue weighted by atomic mass is 32.2. The first kappa shape index (κ1) is 23.7. The predicted octanol–water partition coefficient (Wildman–Crippen LogP) is 4.12. The van der Waals surface area contributed by atoms with Gasteiger partial charge in [0.05, 0.1) is 24.7 Å². The fraction of sp³-hybridized carbons (Fsp3) is 0.280. The molecule has 0 aliphatic rings. The second-order valence-electron chi connectivity index (χ2n) is 9.28. The normalized spacial score (nSPS) is 12.3. The Morgan fingerprint density at radius 2 is 1.82 bits per heavy atom. The number of imidazole rings is 1. The van der Waals surface area contributed by atoms with Crippen LogP contribution in [0.4, 0.5) is 5.95 Å². The van der Waals surface area contributed by atoms with Gasteiger partial charge in [-0.2, -0.15) is 0 Å². The lowest BCUT2D eigenvalue weighted by Gasteiger charge is -2.21. The van der Waals surface area contributed by atoms with Gasteiger partial charge in [0.1, 0.15) is 4.90 Å². The first-order valence-corrected chi connectivity index (χ1v) is 12.4. The number of anilines is 1. The molecule has 0 atom stereocenters. The van der Waals surface area contributed by atoms with E-state index in [0.29, 0.717) is 18.1 Å². The summed E-state index contributed by atoms with van der Waals surface area (Å²) in [6, 6.07) is 15.5. The van der Waals surface area contributed by atoms with Gasteiger partial charge in [0.2, 0.25) is 21.9 Å². The van der Waals surface area contributed by atoms with E-state index in [9.17, 15) is 8.42 Å². The number of ether oxygens (including phenoxy) is 1. The van der Waals surface area contributed by atoms with Crippen LogP contribution in [-0.4, -0.2) is 35.6 Å². The Balaban J connectivity index is 1.85. The number of benzene rings is 2. The Hall–Kier alpha value is -3.43. The van der Waals surface area contributed by atoms with Crippen molar-refractivity contribution in [2.45, 2.75) is 44.7 Å². The number of hydrogen-bond acceptors (Lipinski definition) is 6. The van der Waals surface area contributed by atoms with Crippen molar-refractivity contribution in [3.63, 3.8) is 0 Å². The van der Waals surface area contributed by atoms with Gasteiger partial charge < -0.3 is 15.0 Å². The van der Waals surface area contributed by atoms with Crippen LogP contribution in [0.25, 0.3) is 22.2 Å². The largest absolute Gasteiger partial charge is 0.480 e. The summed E-state index contributed by atoms with van der Waals surface area (Å²) in [6.07, 6.45) is 1.62. The number of nitrogens with two attached hydrogens (primary N) is 1. The smallest absolute Gasteiger partial charge is 0.246 e. The number of pyridine rings is 1. The number of methoxy groups -OCH3 is 1. The van der Waals surface area contributed by atoms with Crippen LogP contribution in [0.1, 0.15) is 31.9 Å². The monoisotopic (exact) mass is 479 g/mol. The second kappa shape index (κ2) is 8.73. The van der Waals surface area contributed by atoms with Gasteiger partial charge in [0, 0.05) is 17.3 Å². The molecule has 0 radical (unpaired) electrons. The quantitative estimate of drug-likeness (QED) is 0.430. The van der Waals surface area contributed by atoms with Crippen molar-refractivity contribution < 1.29 is 13.2 Å². The maximum atomic E-state index is 13.1. The van der Waals surface area contributed by atoms with E-state index in [0.717, 1.165) is 27.7 Å². The number of nitrogens with zero attached hydrogens (tertiary/aromatic N) is 3.